The van der Waals surface area contributed by atoms with Gasteiger partial charge in [-0.3, -0.25) is 14.2 Å². The third kappa shape index (κ3) is 3.66. The first-order valence-electron chi connectivity index (χ1n) is 10.00. The summed E-state index contributed by atoms with van der Waals surface area (Å²) in [5.41, 5.74) is -0.449. The number of likely N-dealkylation sites (N-methyl/N-ethyl adjacent to an activating group) is 1. The number of fused-ring (bicyclic) bond motifs is 1. The summed E-state index contributed by atoms with van der Waals surface area (Å²) in [7, 11) is 0. The lowest BCUT2D eigenvalue weighted by atomic mass is 10.2. The number of carbonyl (C=O) groups excluding carboxylic acids is 1. The fraction of sp³-hybridized carbons (Fsp3) is 0.318. The summed E-state index contributed by atoms with van der Waals surface area (Å²) < 4.78 is 15.7. The molecule has 1 aliphatic rings. The maximum Gasteiger partial charge on any atom is 0.336 e. The number of aromatic nitrogens is 2. The topological polar surface area (TPSA) is 67.5 Å². The number of rotatable bonds is 4. The molecule has 3 aromatic rings. The van der Waals surface area contributed by atoms with Gasteiger partial charge < -0.3 is 9.80 Å². The van der Waals surface area contributed by atoms with Crippen molar-refractivity contribution in [1.82, 2.24) is 18.9 Å². The second kappa shape index (κ2) is 8.23. The van der Waals surface area contributed by atoms with E-state index in [1.165, 1.54) is 28.8 Å². The number of nitrogens with zero attached hydrogens (tertiary/aromatic N) is 4. The molecule has 0 N–H and O–H groups in total. The van der Waals surface area contributed by atoms with E-state index in [0.29, 0.717) is 24.0 Å². The van der Waals surface area contributed by atoms with Gasteiger partial charge in [0.25, 0.3) is 5.56 Å². The summed E-state index contributed by atoms with van der Waals surface area (Å²) in [5, 5.41) is 0.324. The third-order valence-corrected chi connectivity index (χ3v) is 5.60. The first-order valence-corrected chi connectivity index (χ1v) is 10.00. The molecule has 7 nitrogen and oxygen atoms in total. The van der Waals surface area contributed by atoms with Crippen molar-refractivity contribution in [3.05, 3.63) is 75.2 Å². The Labute approximate surface area is 172 Å². The molecular formula is C22H23FN4O3. The molecule has 0 unspecified atom stereocenters. The smallest absolute Gasteiger partial charge is 0.336 e. The van der Waals surface area contributed by atoms with Crippen LogP contribution in [0.4, 0.5) is 4.39 Å². The number of piperazine rings is 1. The van der Waals surface area contributed by atoms with Gasteiger partial charge in [0.1, 0.15) is 12.4 Å². The van der Waals surface area contributed by atoms with Crippen LogP contribution in [0.1, 0.15) is 6.92 Å². The molecule has 0 radical (unpaired) electrons. The lowest BCUT2D eigenvalue weighted by Gasteiger charge is -2.34. The average Bonchev–Trinajstić information content (AvgIpc) is 2.78. The van der Waals surface area contributed by atoms with E-state index in [1.54, 1.807) is 29.2 Å². The Morgan fingerprint density at radius 3 is 2.30 bits per heavy atom. The van der Waals surface area contributed by atoms with Crippen molar-refractivity contribution in [2.45, 2.75) is 13.5 Å². The Bertz CT molecular complexity index is 1190. The highest BCUT2D eigenvalue weighted by atomic mass is 19.1. The molecule has 0 bridgehead atoms. The molecule has 0 aliphatic carbocycles. The second-order valence-corrected chi connectivity index (χ2v) is 7.32. The van der Waals surface area contributed by atoms with Crippen LogP contribution in [0.25, 0.3) is 16.6 Å². The van der Waals surface area contributed by atoms with Gasteiger partial charge in [0.15, 0.2) is 0 Å². The first-order chi connectivity index (χ1) is 14.5. The van der Waals surface area contributed by atoms with Gasteiger partial charge in [-0.15, -0.1) is 0 Å². The number of hydrogen-bond acceptors (Lipinski definition) is 4. The number of para-hydroxylation sites is 1. The number of amides is 1. The maximum absolute atomic E-state index is 13.3. The van der Waals surface area contributed by atoms with Crippen LogP contribution < -0.4 is 11.2 Å². The normalized spacial score (nSPS) is 14.9. The van der Waals surface area contributed by atoms with Crippen molar-refractivity contribution >= 4 is 16.8 Å². The van der Waals surface area contributed by atoms with Crippen LogP contribution >= 0.6 is 0 Å². The standard InChI is InChI=1S/C22H23FN4O3/c1-2-24-11-13-25(14-12-24)20(28)15-26-19-6-4-3-5-18(19)21(29)27(22(26)30)17-9-7-16(23)8-10-17/h3-10H,2,11-15H2,1H3. The van der Waals surface area contributed by atoms with E-state index >= 15 is 0 Å². The molecule has 4 rings (SSSR count). The van der Waals surface area contributed by atoms with Gasteiger partial charge >= 0.3 is 5.69 Å². The van der Waals surface area contributed by atoms with Gasteiger partial charge in [-0.25, -0.2) is 13.8 Å². The van der Waals surface area contributed by atoms with Gasteiger partial charge in [0.2, 0.25) is 5.91 Å². The highest BCUT2D eigenvalue weighted by Crippen LogP contribution is 2.12. The van der Waals surface area contributed by atoms with Crippen LogP contribution in [-0.4, -0.2) is 57.6 Å². The molecule has 0 atom stereocenters. The van der Waals surface area contributed by atoms with E-state index in [2.05, 4.69) is 11.8 Å². The number of carbonyl (C=O) groups is 1. The van der Waals surface area contributed by atoms with Gasteiger partial charge in [-0.05, 0) is 42.9 Å². The Kier molecular flexibility index (Phi) is 5.50. The second-order valence-electron chi connectivity index (χ2n) is 7.32. The van der Waals surface area contributed by atoms with Crippen LogP contribution in [0, 0.1) is 5.82 Å². The largest absolute Gasteiger partial charge is 0.339 e. The molecule has 1 fully saturated rings. The van der Waals surface area contributed by atoms with Gasteiger partial charge in [0, 0.05) is 26.2 Å². The molecule has 1 aliphatic heterocycles. The van der Waals surface area contributed by atoms with Crippen molar-refractivity contribution in [1.29, 1.82) is 0 Å². The fourth-order valence-electron chi connectivity index (χ4n) is 3.84. The minimum atomic E-state index is -0.620. The number of halogens is 1. The SMILES string of the molecule is CCN1CCN(C(=O)Cn2c(=O)n(-c3ccc(F)cc3)c(=O)c3ccccc32)CC1. The van der Waals surface area contributed by atoms with E-state index < -0.39 is 17.1 Å². The van der Waals surface area contributed by atoms with E-state index in [-0.39, 0.29) is 18.1 Å². The molecule has 1 amide bonds. The van der Waals surface area contributed by atoms with E-state index in [4.69, 9.17) is 0 Å². The highest BCUT2D eigenvalue weighted by molar-refractivity contribution is 5.82. The van der Waals surface area contributed by atoms with Crippen molar-refractivity contribution < 1.29 is 9.18 Å². The molecule has 1 saturated heterocycles. The summed E-state index contributed by atoms with van der Waals surface area (Å²) in [6.45, 7) is 5.68. The van der Waals surface area contributed by atoms with Crippen LogP contribution in [-0.2, 0) is 11.3 Å². The predicted molar refractivity (Wildman–Crippen MR) is 112 cm³/mol. The van der Waals surface area contributed by atoms with Crippen molar-refractivity contribution in [3.8, 4) is 5.69 Å². The quantitative estimate of drug-likeness (QED) is 0.653. The third-order valence-electron chi connectivity index (χ3n) is 5.60. The highest BCUT2D eigenvalue weighted by Gasteiger charge is 2.22. The first kappa shape index (κ1) is 20.0. The zero-order chi connectivity index (χ0) is 21.3. The minimum Gasteiger partial charge on any atom is -0.339 e. The zero-order valence-corrected chi connectivity index (χ0v) is 16.8. The lowest BCUT2D eigenvalue weighted by Crippen LogP contribution is -2.50. The van der Waals surface area contributed by atoms with Crippen LogP contribution in [0.3, 0.4) is 0 Å². The predicted octanol–water partition coefficient (Wildman–Crippen LogP) is 1.46. The summed E-state index contributed by atoms with van der Waals surface area (Å²) >= 11 is 0. The van der Waals surface area contributed by atoms with Gasteiger partial charge in [-0.2, -0.15) is 0 Å². The summed E-state index contributed by atoms with van der Waals surface area (Å²) in [6, 6.07) is 11.9. The lowest BCUT2D eigenvalue weighted by molar-refractivity contribution is -0.133. The molecule has 8 heteroatoms. The van der Waals surface area contributed by atoms with Crippen molar-refractivity contribution in [2.75, 3.05) is 32.7 Å². The molecule has 30 heavy (non-hydrogen) atoms. The molecular weight excluding hydrogens is 387 g/mol. The Hall–Kier alpha value is -3.26. The van der Waals surface area contributed by atoms with Crippen molar-refractivity contribution in [2.24, 2.45) is 0 Å². The van der Waals surface area contributed by atoms with Crippen molar-refractivity contribution in [3.63, 3.8) is 0 Å². The molecule has 2 heterocycles. The van der Waals surface area contributed by atoms with Gasteiger partial charge in [0.05, 0.1) is 16.6 Å². The summed E-state index contributed by atoms with van der Waals surface area (Å²) in [6.07, 6.45) is 0. The summed E-state index contributed by atoms with van der Waals surface area (Å²) in [4.78, 5) is 43.2. The Morgan fingerprint density at radius 2 is 1.63 bits per heavy atom. The fourth-order valence-corrected chi connectivity index (χ4v) is 3.84. The Balaban J connectivity index is 1.78. The van der Waals surface area contributed by atoms with Crippen LogP contribution in [0.2, 0.25) is 0 Å². The van der Waals surface area contributed by atoms with Gasteiger partial charge in [-0.1, -0.05) is 19.1 Å². The van der Waals surface area contributed by atoms with Crippen LogP contribution in [0.5, 0.6) is 0 Å². The average molecular weight is 410 g/mol. The molecule has 1 aromatic heterocycles. The molecule has 156 valence electrons. The number of benzene rings is 2. The molecule has 2 aromatic carbocycles. The van der Waals surface area contributed by atoms with Crippen LogP contribution in [0.15, 0.2) is 58.1 Å². The summed E-state index contributed by atoms with van der Waals surface area (Å²) in [5.74, 6) is -0.628. The van der Waals surface area contributed by atoms with E-state index in [0.717, 1.165) is 24.2 Å². The minimum absolute atomic E-state index is 0.160. The van der Waals surface area contributed by atoms with E-state index in [9.17, 15) is 18.8 Å². The monoisotopic (exact) mass is 410 g/mol. The number of hydrogen-bond donors (Lipinski definition) is 0. The Morgan fingerprint density at radius 1 is 0.967 bits per heavy atom. The van der Waals surface area contributed by atoms with E-state index in [1.807, 2.05) is 0 Å². The zero-order valence-electron chi connectivity index (χ0n) is 16.8. The molecule has 0 spiro atoms. The molecule has 0 saturated carbocycles. The maximum atomic E-state index is 13.3.